The summed E-state index contributed by atoms with van der Waals surface area (Å²) in [6.07, 6.45) is 0.383. The van der Waals surface area contributed by atoms with Gasteiger partial charge in [0.15, 0.2) is 0 Å². The number of benzene rings is 2. The van der Waals surface area contributed by atoms with Gasteiger partial charge in [0.25, 0.3) is 0 Å². The molecule has 0 aromatic heterocycles. The Labute approximate surface area is 153 Å². The van der Waals surface area contributed by atoms with Crippen LogP contribution in [0.5, 0.6) is 0 Å². The number of carbonyl (C=O) groups excluding carboxylic acids is 1. The minimum absolute atomic E-state index is 0.0967. The van der Waals surface area contributed by atoms with Crippen molar-refractivity contribution in [1.82, 2.24) is 4.72 Å². The van der Waals surface area contributed by atoms with E-state index in [4.69, 9.17) is 0 Å². The third-order valence-electron chi connectivity index (χ3n) is 3.79. The van der Waals surface area contributed by atoms with Crippen LogP contribution in [0, 0.1) is 13.8 Å². The number of aryl methyl sites for hydroxylation is 2. The lowest BCUT2D eigenvalue weighted by Gasteiger charge is -2.08. The molecule has 2 aromatic carbocycles. The third kappa shape index (κ3) is 5.59. The van der Waals surface area contributed by atoms with Crippen LogP contribution in [-0.4, -0.2) is 27.1 Å². The molecule has 0 fully saturated rings. The predicted octanol–water partition coefficient (Wildman–Crippen LogP) is 3.33. The quantitative estimate of drug-likeness (QED) is 0.725. The Morgan fingerprint density at radius 2 is 1.72 bits per heavy atom. The maximum Gasteiger partial charge on any atom is 0.240 e. The maximum absolute atomic E-state index is 12.0. The van der Waals surface area contributed by atoms with Gasteiger partial charge in [-0.1, -0.05) is 6.07 Å². The minimum atomic E-state index is -3.46. The molecule has 0 saturated carbocycles. The number of rotatable bonds is 7. The first kappa shape index (κ1) is 19.5. The molecule has 134 valence electrons. The first-order valence-electron chi connectivity index (χ1n) is 7.85. The zero-order chi connectivity index (χ0) is 18.4. The molecule has 0 bridgehead atoms. The van der Waals surface area contributed by atoms with Gasteiger partial charge in [0.05, 0.1) is 4.90 Å². The summed E-state index contributed by atoms with van der Waals surface area (Å²) in [5.41, 5.74) is 3.08. The van der Waals surface area contributed by atoms with Crippen LogP contribution in [0.1, 0.15) is 17.5 Å². The molecule has 0 spiro atoms. The molecule has 1 amide bonds. The zero-order valence-corrected chi connectivity index (χ0v) is 16.1. The highest BCUT2D eigenvalue weighted by atomic mass is 32.2. The number of nitrogens with one attached hydrogen (secondary N) is 2. The minimum Gasteiger partial charge on any atom is -0.326 e. The number of hydrogen-bond acceptors (Lipinski definition) is 4. The first-order valence-corrected chi connectivity index (χ1v) is 10.3. The van der Waals surface area contributed by atoms with Crippen molar-refractivity contribution >= 4 is 33.4 Å². The van der Waals surface area contributed by atoms with Crippen molar-refractivity contribution in [3.05, 3.63) is 53.6 Å². The van der Waals surface area contributed by atoms with Crippen molar-refractivity contribution in [3.63, 3.8) is 0 Å². The number of hydrogen-bond donors (Lipinski definition) is 2. The number of carbonyl (C=O) groups is 1. The Hall–Kier alpha value is -1.83. The Kier molecular flexibility index (Phi) is 6.64. The molecule has 0 unspecified atom stereocenters. The molecule has 2 aromatic rings. The van der Waals surface area contributed by atoms with Crippen molar-refractivity contribution in [2.24, 2.45) is 0 Å². The Morgan fingerprint density at radius 1 is 1.04 bits per heavy atom. The molecule has 0 aliphatic rings. The average molecular weight is 379 g/mol. The topological polar surface area (TPSA) is 75.3 Å². The van der Waals surface area contributed by atoms with E-state index >= 15 is 0 Å². The molecule has 0 aliphatic carbocycles. The van der Waals surface area contributed by atoms with E-state index in [-0.39, 0.29) is 10.8 Å². The standard InChI is InChI=1S/C18H22N2O3S2/c1-13-4-7-16(12-14(13)2)24-11-10-18(21)20-15-5-8-17(9-6-15)25(22,23)19-3/h4-9,12,19H,10-11H2,1-3H3,(H,20,21). The van der Waals surface area contributed by atoms with Crippen LogP contribution < -0.4 is 10.0 Å². The van der Waals surface area contributed by atoms with Crippen molar-refractivity contribution in [2.75, 3.05) is 18.1 Å². The normalized spacial score (nSPS) is 11.3. The Bertz CT molecular complexity index is 847. The fourth-order valence-corrected chi connectivity index (χ4v) is 3.80. The molecule has 5 nitrogen and oxygen atoms in total. The van der Waals surface area contributed by atoms with E-state index in [0.29, 0.717) is 17.9 Å². The van der Waals surface area contributed by atoms with E-state index in [0.717, 1.165) is 4.90 Å². The molecule has 25 heavy (non-hydrogen) atoms. The molecular weight excluding hydrogens is 356 g/mol. The zero-order valence-electron chi connectivity index (χ0n) is 14.5. The van der Waals surface area contributed by atoms with Gasteiger partial charge in [-0.05, 0) is 68.4 Å². The first-order chi connectivity index (χ1) is 11.8. The van der Waals surface area contributed by atoms with Gasteiger partial charge < -0.3 is 5.32 Å². The summed E-state index contributed by atoms with van der Waals surface area (Å²) in [7, 11) is -2.10. The molecule has 0 heterocycles. The molecule has 0 atom stereocenters. The summed E-state index contributed by atoms with van der Waals surface area (Å²) < 4.78 is 25.6. The van der Waals surface area contributed by atoms with Crippen LogP contribution in [0.4, 0.5) is 5.69 Å². The second kappa shape index (κ2) is 8.51. The van der Waals surface area contributed by atoms with Crippen LogP contribution in [0.2, 0.25) is 0 Å². The highest BCUT2D eigenvalue weighted by Crippen LogP contribution is 2.22. The molecule has 2 N–H and O–H groups in total. The van der Waals surface area contributed by atoms with E-state index in [1.54, 1.807) is 23.9 Å². The molecular formula is C18H22N2O3S2. The SMILES string of the molecule is CNS(=O)(=O)c1ccc(NC(=O)CCSc2ccc(C)c(C)c2)cc1. The molecule has 0 radical (unpaired) electrons. The van der Waals surface area contributed by atoms with Gasteiger partial charge in [-0.15, -0.1) is 11.8 Å². The smallest absolute Gasteiger partial charge is 0.240 e. The predicted molar refractivity (Wildman–Crippen MR) is 103 cm³/mol. The van der Waals surface area contributed by atoms with Gasteiger partial charge in [0.2, 0.25) is 15.9 Å². The second-order valence-electron chi connectivity index (χ2n) is 5.62. The van der Waals surface area contributed by atoms with Crippen molar-refractivity contribution in [3.8, 4) is 0 Å². The van der Waals surface area contributed by atoms with Crippen LogP contribution in [0.3, 0.4) is 0 Å². The highest BCUT2D eigenvalue weighted by Gasteiger charge is 2.11. The van der Waals surface area contributed by atoms with Crippen LogP contribution >= 0.6 is 11.8 Å². The fourth-order valence-electron chi connectivity index (χ4n) is 2.12. The summed E-state index contributed by atoms with van der Waals surface area (Å²) >= 11 is 1.64. The Morgan fingerprint density at radius 3 is 2.32 bits per heavy atom. The summed E-state index contributed by atoms with van der Waals surface area (Å²) in [5.74, 6) is 0.584. The Balaban J connectivity index is 1.85. The second-order valence-corrected chi connectivity index (χ2v) is 8.68. The lowest BCUT2D eigenvalue weighted by atomic mass is 10.1. The van der Waals surface area contributed by atoms with Gasteiger partial charge in [-0.3, -0.25) is 4.79 Å². The number of amides is 1. The monoisotopic (exact) mass is 378 g/mol. The number of sulfonamides is 1. The molecule has 7 heteroatoms. The van der Waals surface area contributed by atoms with Gasteiger partial charge in [0, 0.05) is 22.8 Å². The molecule has 0 saturated heterocycles. The summed E-state index contributed by atoms with van der Waals surface area (Å²) in [5, 5.41) is 2.78. The van der Waals surface area contributed by atoms with E-state index in [2.05, 4.69) is 42.1 Å². The summed E-state index contributed by atoms with van der Waals surface area (Å²) in [4.78, 5) is 13.3. The van der Waals surface area contributed by atoms with Gasteiger partial charge in [-0.2, -0.15) is 0 Å². The van der Waals surface area contributed by atoms with Crippen molar-refractivity contribution < 1.29 is 13.2 Å². The maximum atomic E-state index is 12.0. The van der Waals surface area contributed by atoms with Gasteiger partial charge >= 0.3 is 0 Å². The van der Waals surface area contributed by atoms with E-state index in [9.17, 15) is 13.2 Å². The summed E-state index contributed by atoms with van der Waals surface area (Å²) in [6, 6.07) is 12.4. The van der Waals surface area contributed by atoms with E-state index in [1.807, 2.05) is 0 Å². The lowest BCUT2D eigenvalue weighted by molar-refractivity contribution is -0.115. The average Bonchev–Trinajstić information content (AvgIpc) is 2.58. The number of anilines is 1. The van der Waals surface area contributed by atoms with Crippen molar-refractivity contribution in [1.29, 1.82) is 0 Å². The van der Waals surface area contributed by atoms with Gasteiger partial charge in [0.1, 0.15) is 0 Å². The van der Waals surface area contributed by atoms with Crippen LogP contribution in [0.25, 0.3) is 0 Å². The van der Waals surface area contributed by atoms with Crippen LogP contribution in [0.15, 0.2) is 52.3 Å². The van der Waals surface area contributed by atoms with E-state index in [1.165, 1.54) is 30.3 Å². The molecule has 2 rings (SSSR count). The lowest BCUT2D eigenvalue weighted by Crippen LogP contribution is -2.18. The summed E-state index contributed by atoms with van der Waals surface area (Å²) in [6.45, 7) is 4.15. The van der Waals surface area contributed by atoms with Crippen LogP contribution in [-0.2, 0) is 14.8 Å². The fraction of sp³-hybridized carbons (Fsp3) is 0.278. The highest BCUT2D eigenvalue weighted by molar-refractivity contribution is 7.99. The van der Waals surface area contributed by atoms with Crippen molar-refractivity contribution in [2.45, 2.75) is 30.1 Å². The van der Waals surface area contributed by atoms with E-state index < -0.39 is 10.0 Å². The largest absolute Gasteiger partial charge is 0.326 e. The number of thioether (sulfide) groups is 1. The van der Waals surface area contributed by atoms with Gasteiger partial charge in [-0.25, -0.2) is 13.1 Å². The molecule has 0 aliphatic heterocycles. The third-order valence-corrected chi connectivity index (χ3v) is 6.22.